The number of carbonyl (C=O) groups excluding carboxylic acids is 2. The van der Waals surface area contributed by atoms with Gasteiger partial charge in [-0.15, -0.1) is 0 Å². The van der Waals surface area contributed by atoms with E-state index in [1.54, 1.807) is 49.5 Å². The Morgan fingerprint density at radius 3 is 2.82 bits per heavy atom. The van der Waals surface area contributed by atoms with Crippen molar-refractivity contribution >= 4 is 23.4 Å². The first-order chi connectivity index (χ1) is 13.7. The van der Waals surface area contributed by atoms with Crippen molar-refractivity contribution in [3.63, 3.8) is 0 Å². The number of morpholine rings is 1. The SMILES string of the molecule is CCOC(=O)COc1cccc(NC(=O)c2cccnc2N2CCOCC2)c1. The molecule has 1 aromatic heterocycles. The van der Waals surface area contributed by atoms with E-state index >= 15 is 0 Å². The van der Waals surface area contributed by atoms with Gasteiger partial charge in [0.1, 0.15) is 11.6 Å². The molecule has 1 N–H and O–H groups in total. The number of benzene rings is 1. The van der Waals surface area contributed by atoms with Crippen LogP contribution in [0.2, 0.25) is 0 Å². The van der Waals surface area contributed by atoms with Crippen LogP contribution in [0.1, 0.15) is 17.3 Å². The van der Waals surface area contributed by atoms with Crippen LogP contribution in [0.25, 0.3) is 0 Å². The van der Waals surface area contributed by atoms with E-state index < -0.39 is 5.97 Å². The molecule has 28 heavy (non-hydrogen) atoms. The van der Waals surface area contributed by atoms with E-state index in [1.165, 1.54) is 0 Å². The van der Waals surface area contributed by atoms with Gasteiger partial charge in [0, 0.05) is 31.0 Å². The predicted octanol–water partition coefficient (Wildman–Crippen LogP) is 2.11. The minimum absolute atomic E-state index is 0.185. The minimum atomic E-state index is -0.442. The zero-order valence-corrected chi connectivity index (χ0v) is 15.7. The maximum atomic E-state index is 12.8. The molecule has 2 aromatic rings. The molecule has 0 bridgehead atoms. The Bertz CT molecular complexity index is 821. The lowest BCUT2D eigenvalue weighted by molar-refractivity contribution is -0.145. The van der Waals surface area contributed by atoms with Crippen molar-refractivity contribution in [1.29, 1.82) is 0 Å². The number of carbonyl (C=O) groups is 2. The third-order valence-corrected chi connectivity index (χ3v) is 4.10. The van der Waals surface area contributed by atoms with Crippen molar-refractivity contribution in [2.45, 2.75) is 6.92 Å². The van der Waals surface area contributed by atoms with E-state index in [9.17, 15) is 9.59 Å². The van der Waals surface area contributed by atoms with Gasteiger partial charge in [0.2, 0.25) is 0 Å². The molecule has 1 amide bonds. The molecule has 0 atom stereocenters. The Morgan fingerprint density at radius 2 is 2.04 bits per heavy atom. The number of hydrogen-bond acceptors (Lipinski definition) is 7. The van der Waals surface area contributed by atoms with Gasteiger partial charge in [-0.25, -0.2) is 9.78 Å². The quantitative estimate of drug-likeness (QED) is 0.730. The molecule has 0 aliphatic carbocycles. The van der Waals surface area contributed by atoms with E-state index in [2.05, 4.69) is 10.3 Å². The number of nitrogens with zero attached hydrogens (tertiary/aromatic N) is 2. The van der Waals surface area contributed by atoms with Crippen LogP contribution in [0, 0.1) is 0 Å². The molecule has 1 aliphatic heterocycles. The van der Waals surface area contributed by atoms with Crippen molar-refractivity contribution in [3.8, 4) is 5.75 Å². The highest BCUT2D eigenvalue weighted by molar-refractivity contribution is 6.07. The molecule has 0 saturated carbocycles. The van der Waals surface area contributed by atoms with Crippen molar-refractivity contribution < 1.29 is 23.8 Å². The second kappa shape index (κ2) is 9.70. The van der Waals surface area contributed by atoms with E-state index in [0.717, 1.165) is 0 Å². The van der Waals surface area contributed by atoms with Crippen molar-refractivity contribution in [3.05, 3.63) is 48.2 Å². The Kier molecular flexibility index (Phi) is 6.80. The fraction of sp³-hybridized carbons (Fsp3) is 0.350. The number of amides is 1. The lowest BCUT2D eigenvalue weighted by Gasteiger charge is -2.29. The summed E-state index contributed by atoms with van der Waals surface area (Å²) in [6.07, 6.45) is 1.67. The van der Waals surface area contributed by atoms with Crippen LogP contribution < -0.4 is 15.0 Å². The molecule has 0 radical (unpaired) electrons. The van der Waals surface area contributed by atoms with Gasteiger partial charge in [-0.1, -0.05) is 6.07 Å². The summed E-state index contributed by atoms with van der Waals surface area (Å²) >= 11 is 0. The Morgan fingerprint density at radius 1 is 1.21 bits per heavy atom. The number of pyridine rings is 1. The number of nitrogens with one attached hydrogen (secondary N) is 1. The van der Waals surface area contributed by atoms with Crippen molar-refractivity contribution in [2.75, 3.05) is 49.7 Å². The zero-order chi connectivity index (χ0) is 19.8. The molecule has 1 saturated heterocycles. The fourth-order valence-corrected chi connectivity index (χ4v) is 2.81. The first-order valence-corrected chi connectivity index (χ1v) is 9.15. The highest BCUT2D eigenvalue weighted by Gasteiger charge is 2.20. The lowest BCUT2D eigenvalue weighted by atomic mass is 10.2. The summed E-state index contributed by atoms with van der Waals surface area (Å²) < 4.78 is 15.6. The summed E-state index contributed by atoms with van der Waals surface area (Å²) in [5, 5.41) is 2.86. The maximum absolute atomic E-state index is 12.8. The van der Waals surface area contributed by atoms with E-state index in [1.807, 2.05) is 4.90 Å². The average molecular weight is 385 g/mol. The molecule has 8 nitrogen and oxygen atoms in total. The monoisotopic (exact) mass is 385 g/mol. The molecular weight excluding hydrogens is 362 g/mol. The fourth-order valence-electron chi connectivity index (χ4n) is 2.81. The maximum Gasteiger partial charge on any atom is 0.344 e. The van der Waals surface area contributed by atoms with Crippen LogP contribution in [0.15, 0.2) is 42.6 Å². The van der Waals surface area contributed by atoms with Crippen LogP contribution in [0.4, 0.5) is 11.5 Å². The van der Waals surface area contributed by atoms with Crippen LogP contribution in [0.3, 0.4) is 0 Å². The standard InChI is InChI=1S/C20H23N3O5/c1-2-27-18(24)14-28-16-6-3-5-15(13-16)22-20(25)17-7-4-8-21-19(17)23-9-11-26-12-10-23/h3-8,13H,2,9-12,14H2,1H3,(H,22,25). The Labute approximate surface area is 163 Å². The summed E-state index contributed by atoms with van der Waals surface area (Å²) in [7, 11) is 0. The largest absolute Gasteiger partial charge is 0.482 e. The van der Waals surface area contributed by atoms with Crippen LogP contribution in [-0.4, -0.2) is 56.4 Å². The topological polar surface area (TPSA) is 90.0 Å². The van der Waals surface area contributed by atoms with Crippen LogP contribution >= 0.6 is 0 Å². The van der Waals surface area contributed by atoms with Gasteiger partial charge in [-0.05, 0) is 31.2 Å². The lowest BCUT2D eigenvalue weighted by Crippen LogP contribution is -2.38. The van der Waals surface area contributed by atoms with Gasteiger partial charge in [0.25, 0.3) is 5.91 Å². The molecule has 1 aromatic carbocycles. The third kappa shape index (κ3) is 5.20. The second-order valence-electron chi connectivity index (χ2n) is 6.05. The molecule has 148 valence electrons. The number of aromatic nitrogens is 1. The summed E-state index contributed by atoms with van der Waals surface area (Å²) in [5.41, 5.74) is 1.05. The first-order valence-electron chi connectivity index (χ1n) is 9.15. The van der Waals surface area contributed by atoms with Crippen molar-refractivity contribution in [2.24, 2.45) is 0 Å². The van der Waals surface area contributed by atoms with Gasteiger partial charge < -0.3 is 24.4 Å². The molecule has 0 spiro atoms. The highest BCUT2D eigenvalue weighted by atomic mass is 16.6. The van der Waals surface area contributed by atoms with E-state index in [0.29, 0.717) is 55.7 Å². The second-order valence-corrected chi connectivity index (χ2v) is 6.05. The van der Waals surface area contributed by atoms with Gasteiger partial charge in [0.15, 0.2) is 6.61 Å². The molecule has 0 unspecified atom stereocenters. The van der Waals surface area contributed by atoms with Gasteiger partial charge in [-0.2, -0.15) is 0 Å². The molecule has 1 fully saturated rings. The van der Waals surface area contributed by atoms with E-state index in [4.69, 9.17) is 14.2 Å². The molecule has 2 heterocycles. The Balaban J connectivity index is 1.68. The zero-order valence-electron chi connectivity index (χ0n) is 15.7. The summed E-state index contributed by atoms with van der Waals surface area (Å²) in [4.78, 5) is 30.7. The first kappa shape index (κ1) is 19.6. The van der Waals surface area contributed by atoms with Gasteiger partial charge >= 0.3 is 5.97 Å². The smallest absolute Gasteiger partial charge is 0.344 e. The minimum Gasteiger partial charge on any atom is -0.482 e. The number of hydrogen-bond donors (Lipinski definition) is 1. The Hall–Kier alpha value is -3.13. The number of rotatable bonds is 7. The van der Waals surface area contributed by atoms with Crippen molar-refractivity contribution in [1.82, 2.24) is 4.98 Å². The summed E-state index contributed by atoms with van der Waals surface area (Å²) in [5.74, 6) is 0.392. The molecular formula is C20H23N3O5. The molecule has 8 heteroatoms. The molecule has 3 rings (SSSR count). The normalized spacial score (nSPS) is 13.7. The number of ether oxygens (including phenoxy) is 3. The number of anilines is 2. The highest BCUT2D eigenvalue weighted by Crippen LogP contribution is 2.22. The van der Waals surface area contributed by atoms with E-state index in [-0.39, 0.29) is 12.5 Å². The summed E-state index contributed by atoms with van der Waals surface area (Å²) in [6, 6.07) is 10.3. The molecule has 1 aliphatic rings. The summed E-state index contributed by atoms with van der Waals surface area (Å²) in [6.45, 7) is 4.44. The van der Waals surface area contributed by atoms with Gasteiger partial charge in [0.05, 0.1) is 25.4 Å². The van der Waals surface area contributed by atoms with Gasteiger partial charge in [-0.3, -0.25) is 4.79 Å². The number of esters is 1. The van der Waals surface area contributed by atoms with Crippen LogP contribution in [-0.2, 0) is 14.3 Å². The average Bonchev–Trinajstić information content (AvgIpc) is 2.73. The van der Waals surface area contributed by atoms with Crippen LogP contribution in [0.5, 0.6) is 5.75 Å². The third-order valence-electron chi connectivity index (χ3n) is 4.10. The predicted molar refractivity (Wildman–Crippen MR) is 104 cm³/mol.